The molecule has 4 rings (SSSR count). The Morgan fingerprint density at radius 1 is 0.923 bits per heavy atom. The maximum absolute atomic E-state index is 6.27. The highest BCUT2D eigenvalue weighted by molar-refractivity contribution is 6.06. The van der Waals surface area contributed by atoms with Gasteiger partial charge in [0, 0.05) is 18.4 Å². The van der Waals surface area contributed by atoms with Crippen LogP contribution >= 0.6 is 0 Å². The molecule has 0 bridgehead atoms. The lowest BCUT2D eigenvalue weighted by atomic mass is 9.92. The number of hydrogen-bond donors (Lipinski definition) is 1. The van der Waals surface area contributed by atoms with Crippen LogP contribution in [-0.4, -0.2) is 14.5 Å². The smallest absolute Gasteiger partial charge is 0.152 e. The number of rotatable bonds is 3. The predicted molar refractivity (Wildman–Crippen MR) is 108 cm³/mol. The second-order valence-electron chi connectivity index (χ2n) is 8.05. The van der Waals surface area contributed by atoms with Gasteiger partial charge in [0.1, 0.15) is 11.3 Å². The third-order valence-corrected chi connectivity index (χ3v) is 4.56. The van der Waals surface area contributed by atoms with Crippen molar-refractivity contribution >= 4 is 27.8 Å². The number of para-hydroxylation sites is 1. The van der Waals surface area contributed by atoms with Gasteiger partial charge >= 0.3 is 0 Å². The number of nitrogens with two attached hydrogens (primary N) is 1. The van der Waals surface area contributed by atoms with Crippen molar-refractivity contribution in [2.24, 2.45) is 5.41 Å². The molecule has 132 valence electrons. The normalized spacial score (nSPS) is 12.1. The molecule has 4 heteroatoms. The topological polar surface area (TPSA) is 56.7 Å². The number of anilines is 1. The predicted octanol–water partition coefficient (Wildman–Crippen LogP) is 4.80. The second-order valence-corrected chi connectivity index (χ2v) is 8.05. The Bertz CT molecular complexity index is 1070. The molecule has 0 fully saturated rings. The summed E-state index contributed by atoms with van der Waals surface area (Å²) in [5.41, 5.74) is 10.5. The minimum Gasteiger partial charge on any atom is -0.382 e. The Balaban J connectivity index is 2.02. The third-order valence-electron chi connectivity index (χ3n) is 4.56. The van der Waals surface area contributed by atoms with Gasteiger partial charge in [-0.15, -0.1) is 0 Å². The first-order chi connectivity index (χ1) is 12.4. The SMILES string of the molecule is CC(C)(C)Cc1nc2c(N)nc3ccccc3c2n1Cc1ccccc1. The van der Waals surface area contributed by atoms with Crippen LogP contribution in [0.2, 0.25) is 0 Å². The first-order valence-electron chi connectivity index (χ1n) is 9.00. The Morgan fingerprint density at radius 3 is 2.35 bits per heavy atom. The van der Waals surface area contributed by atoms with Crippen molar-refractivity contribution < 1.29 is 0 Å². The molecule has 26 heavy (non-hydrogen) atoms. The summed E-state index contributed by atoms with van der Waals surface area (Å²) in [6.45, 7) is 7.48. The minimum atomic E-state index is 0.133. The molecular weight excluding hydrogens is 320 g/mol. The van der Waals surface area contributed by atoms with Crippen LogP contribution in [0.25, 0.3) is 21.9 Å². The summed E-state index contributed by atoms with van der Waals surface area (Å²) < 4.78 is 2.32. The minimum absolute atomic E-state index is 0.133. The lowest BCUT2D eigenvalue weighted by molar-refractivity contribution is 0.395. The summed E-state index contributed by atoms with van der Waals surface area (Å²) in [5, 5.41) is 1.10. The number of aromatic nitrogens is 3. The van der Waals surface area contributed by atoms with E-state index < -0.39 is 0 Å². The van der Waals surface area contributed by atoms with Crippen molar-refractivity contribution in [1.82, 2.24) is 14.5 Å². The fourth-order valence-corrected chi connectivity index (χ4v) is 3.45. The zero-order valence-electron chi connectivity index (χ0n) is 15.5. The molecule has 0 aliphatic carbocycles. The van der Waals surface area contributed by atoms with Gasteiger partial charge in [0.25, 0.3) is 0 Å². The number of fused-ring (bicyclic) bond motifs is 3. The fraction of sp³-hybridized carbons (Fsp3) is 0.273. The maximum Gasteiger partial charge on any atom is 0.152 e. The van der Waals surface area contributed by atoms with Gasteiger partial charge in [-0.3, -0.25) is 0 Å². The van der Waals surface area contributed by atoms with E-state index in [0.717, 1.165) is 40.7 Å². The van der Waals surface area contributed by atoms with Crippen LogP contribution in [0.4, 0.5) is 5.82 Å². The average molecular weight is 344 g/mol. The number of benzene rings is 2. The number of imidazole rings is 1. The van der Waals surface area contributed by atoms with Gasteiger partial charge in [-0.1, -0.05) is 69.3 Å². The van der Waals surface area contributed by atoms with Gasteiger partial charge in [-0.2, -0.15) is 0 Å². The second kappa shape index (κ2) is 6.13. The quantitative estimate of drug-likeness (QED) is 0.580. The first-order valence-corrected chi connectivity index (χ1v) is 9.00. The van der Waals surface area contributed by atoms with E-state index in [1.807, 2.05) is 24.3 Å². The zero-order valence-corrected chi connectivity index (χ0v) is 15.5. The van der Waals surface area contributed by atoms with Crippen LogP contribution in [-0.2, 0) is 13.0 Å². The molecule has 0 aliphatic rings. The van der Waals surface area contributed by atoms with Crippen LogP contribution < -0.4 is 5.73 Å². The molecule has 0 aliphatic heterocycles. The van der Waals surface area contributed by atoms with E-state index in [4.69, 9.17) is 10.7 Å². The molecule has 0 amide bonds. The van der Waals surface area contributed by atoms with Gasteiger partial charge in [0.15, 0.2) is 5.82 Å². The Hall–Kier alpha value is -2.88. The highest BCUT2D eigenvalue weighted by Crippen LogP contribution is 2.31. The van der Waals surface area contributed by atoms with Gasteiger partial charge in [0.2, 0.25) is 0 Å². The van der Waals surface area contributed by atoms with Crippen molar-refractivity contribution in [2.75, 3.05) is 5.73 Å². The molecule has 4 aromatic rings. The lowest BCUT2D eigenvalue weighted by Crippen LogP contribution is -2.15. The molecule has 2 aromatic carbocycles. The third kappa shape index (κ3) is 3.03. The van der Waals surface area contributed by atoms with E-state index >= 15 is 0 Å². The maximum atomic E-state index is 6.27. The molecule has 2 heterocycles. The van der Waals surface area contributed by atoms with Crippen molar-refractivity contribution in [1.29, 1.82) is 0 Å². The summed E-state index contributed by atoms with van der Waals surface area (Å²) in [5.74, 6) is 1.56. The van der Waals surface area contributed by atoms with Gasteiger partial charge in [-0.05, 0) is 17.0 Å². The Kier molecular flexibility index (Phi) is 3.91. The van der Waals surface area contributed by atoms with E-state index in [1.54, 1.807) is 0 Å². The molecule has 0 unspecified atom stereocenters. The van der Waals surface area contributed by atoms with E-state index in [-0.39, 0.29) is 5.41 Å². The molecular formula is C22H24N4. The van der Waals surface area contributed by atoms with Crippen molar-refractivity contribution in [3.63, 3.8) is 0 Å². The summed E-state index contributed by atoms with van der Waals surface area (Å²) in [7, 11) is 0. The molecule has 2 aromatic heterocycles. The summed E-state index contributed by atoms with van der Waals surface area (Å²) in [6, 6.07) is 18.7. The van der Waals surface area contributed by atoms with Crippen molar-refractivity contribution in [2.45, 2.75) is 33.7 Å². The van der Waals surface area contributed by atoms with E-state index in [1.165, 1.54) is 5.56 Å². The molecule has 0 atom stereocenters. The van der Waals surface area contributed by atoms with E-state index in [0.29, 0.717) is 5.82 Å². The van der Waals surface area contributed by atoms with E-state index in [2.05, 4.69) is 60.7 Å². The van der Waals surface area contributed by atoms with E-state index in [9.17, 15) is 0 Å². The fourth-order valence-electron chi connectivity index (χ4n) is 3.45. The highest BCUT2D eigenvalue weighted by Gasteiger charge is 2.21. The molecule has 4 nitrogen and oxygen atoms in total. The average Bonchev–Trinajstić information content (AvgIpc) is 2.93. The van der Waals surface area contributed by atoms with Gasteiger partial charge in [-0.25, -0.2) is 9.97 Å². The van der Waals surface area contributed by atoms with Crippen LogP contribution in [0, 0.1) is 5.41 Å². The summed E-state index contributed by atoms with van der Waals surface area (Å²) >= 11 is 0. The number of pyridine rings is 1. The lowest BCUT2D eigenvalue weighted by Gasteiger charge is -2.19. The Morgan fingerprint density at radius 2 is 1.62 bits per heavy atom. The van der Waals surface area contributed by atoms with Gasteiger partial charge in [0.05, 0.1) is 11.0 Å². The molecule has 0 spiro atoms. The molecule has 0 saturated heterocycles. The zero-order chi connectivity index (χ0) is 18.3. The molecule has 0 radical (unpaired) electrons. The number of nitrogens with zero attached hydrogens (tertiary/aromatic N) is 3. The summed E-state index contributed by atoms with van der Waals surface area (Å²) in [4.78, 5) is 9.48. The molecule has 0 saturated carbocycles. The van der Waals surface area contributed by atoms with Crippen molar-refractivity contribution in [3.05, 3.63) is 66.0 Å². The van der Waals surface area contributed by atoms with Crippen LogP contribution in [0.5, 0.6) is 0 Å². The largest absolute Gasteiger partial charge is 0.382 e. The molecule has 2 N–H and O–H groups in total. The number of hydrogen-bond acceptors (Lipinski definition) is 3. The monoisotopic (exact) mass is 344 g/mol. The first kappa shape index (κ1) is 16.6. The highest BCUT2D eigenvalue weighted by atomic mass is 15.1. The summed E-state index contributed by atoms with van der Waals surface area (Å²) in [6.07, 6.45) is 0.877. The van der Waals surface area contributed by atoms with Gasteiger partial charge < -0.3 is 10.3 Å². The number of nitrogen functional groups attached to an aromatic ring is 1. The standard InChI is InChI=1S/C22H24N4/c1-22(2,3)13-18-25-19-20(26(18)14-15-9-5-4-6-10-15)16-11-7-8-12-17(16)24-21(19)23/h4-12H,13-14H2,1-3H3,(H2,23,24). The Labute approximate surface area is 153 Å². The van der Waals surface area contributed by atoms with Crippen LogP contribution in [0.15, 0.2) is 54.6 Å². The van der Waals surface area contributed by atoms with Crippen molar-refractivity contribution in [3.8, 4) is 0 Å². The van der Waals surface area contributed by atoms with Crippen LogP contribution in [0.1, 0.15) is 32.2 Å². The van der Waals surface area contributed by atoms with Crippen LogP contribution in [0.3, 0.4) is 0 Å².